The van der Waals surface area contributed by atoms with Crippen molar-refractivity contribution in [2.45, 2.75) is 45.8 Å². The maximum absolute atomic E-state index is 13.2. The van der Waals surface area contributed by atoms with E-state index in [0.29, 0.717) is 12.1 Å². The Labute approximate surface area is 209 Å². The van der Waals surface area contributed by atoms with Crippen molar-refractivity contribution in [2.24, 2.45) is 0 Å². The Balaban J connectivity index is 1.72. The number of aliphatic hydroxyl groups excluding tert-OH is 1. The van der Waals surface area contributed by atoms with Gasteiger partial charge in [0.05, 0.1) is 11.6 Å². The van der Waals surface area contributed by atoms with Crippen molar-refractivity contribution in [3.63, 3.8) is 0 Å². The summed E-state index contributed by atoms with van der Waals surface area (Å²) in [5.74, 6) is -0.546. The number of likely N-dealkylation sites (tertiary alicyclic amines) is 1. The number of halogens is 1. The fourth-order valence-electron chi connectivity index (χ4n) is 4.83. The van der Waals surface area contributed by atoms with Gasteiger partial charge in [0.1, 0.15) is 17.6 Å². The number of hydrogen-bond donors (Lipinski definition) is 1. The van der Waals surface area contributed by atoms with Gasteiger partial charge in [0.2, 0.25) is 0 Å². The number of ketones is 1. The quantitative estimate of drug-likeness (QED) is 0.300. The summed E-state index contributed by atoms with van der Waals surface area (Å²) in [6.07, 6.45) is 1.56. The van der Waals surface area contributed by atoms with Crippen LogP contribution in [0.25, 0.3) is 5.76 Å². The molecule has 0 bridgehead atoms. The van der Waals surface area contributed by atoms with E-state index in [1.54, 1.807) is 11.0 Å². The molecule has 0 saturated carbocycles. The van der Waals surface area contributed by atoms with Gasteiger partial charge in [-0.25, -0.2) is 0 Å². The molecule has 6 nitrogen and oxygen atoms in total. The molecule has 0 radical (unpaired) electrons. The predicted octanol–water partition coefficient (Wildman–Crippen LogP) is 4.93. The van der Waals surface area contributed by atoms with Crippen LogP contribution in [-0.2, 0) is 16.0 Å². The molecular weight excluding hydrogens is 496 g/mol. The summed E-state index contributed by atoms with van der Waals surface area (Å²) in [7, 11) is 0. The average Bonchev–Trinajstić information content (AvgIpc) is 3.32. The highest BCUT2D eigenvalue weighted by atomic mass is 79.9. The molecule has 1 amide bonds. The molecule has 0 aromatic heterocycles. The SMILES string of the molecule is CCN(CC)CCCN1C(=O)C(=O)C(=C(O)c2ccc3c(c2)CC(C)O3)C1c1ccc(Br)cc1. The van der Waals surface area contributed by atoms with Gasteiger partial charge in [0, 0.05) is 23.0 Å². The van der Waals surface area contributed by atoms with Crippen molar-refractivity contribution in [1.82, 2.24) is 9.80 Å². The first-order valence-electron chi connectivity index (χ1n) is 11.9. The van der Waals surface area contributed by atoms with Gasteiger partial charge in [-0.1, -0.05) is 41.9 Å². The predicted molar refractivity (Wildman–Crippen MR) is 136 cm³/mol. The number of aliphatic hydroxyl groups is 1. The fraction of sp³-hybridized carbons (Fsp3) is 0.407. The molecule has 1 saturated heterocycles. The number of hydrogen-bond acceptors (Lipinski definition) is 5. The first kappa shape index (κ1) is 24.5. The lowest BCUT2D eigenvalue weighted by Crippen LogP contribution is -2.33. The summed E-state index contributed by atoms with van der Waals surface area (Å²) in [4.78, 5) is 30.3. The maximum Gasteiger partial charge on any atom is 0.295 e. The van der Waals surface area contributed by atoms with E-state index in [2.05, 4.69) is 34.7 Å². The molecule has 0 aliphatic carbocycles. The molecule has 2 unspecified atom stereocenters. The molecule has 0 spiro atoms. The lowest BCUT2D eigenvalue weighted by molar-refractivity contribution is -0.140. The van der Waals surface area contributed by atoms with Gasteiger partial charge >= 0.3 is 0 Å². The normalized spacial score (nSPS) is 21.3. The van der Waals surface area contributed by atoms with Crippen LogP contribution in [0.3, 0.4) is 0 Å². The van der Waals surface area contributed by atoms with E-state index in [4.69, 9.17) is 4.74 Å². The first-order chi connectivity index (χ1) is 16.3. The second-order valence-electron chi connectivity index (χ2n) is 8.88. The van der Waals surface area contributed by atoms with Gasteiger partial charge in [-0.05, 0) is 74.4 Å². The Morgan fingerprint density at radius 2 is 1.85 bits per heavy atom. The smallest absolute Gasteiger partial charge is 0.295 e. The third-order valence-corrected chi connectivity index (χ3v) is 7.19. The third kappa shape index (κ3) is 4.77. The summed E-state index contributed by atoms with van der Waals surface area (Å²) >= 11 is 3.45. The van der Waals surface area contributed by atoms with Gasteiger partial charge in [0.15, 0.2) is 0 Å². The van der Waals surface area contributed by atoms with Gasteiger partial charge in [-0.3, -0.25) is 9.59 Å². The number of carbonyl (C=O) groups is 2. The average molecular weight is 527 g/mol. The Hall–Kier alpha value is -2.64. The van der Waals surface area contributed by atoms with Crippen molar-refractivity contribution >= 4 is 33.4 Å². The van der Waals surface area contributed by atoms with Gasteiger partial charge in [-0.2, -0.15) is 0 Å². The van der Waals surface area contributed by atoms with E-state index < -0.39 is 17.7 Å². The largest absolute Gasteiger partial charge is 0.507 e. The number of rotatable bonds is 8. The summed E-state index contributed by atoms with van der Waals surface area (Å²) in [6, 6.07) is 12.4. The van der Waals surface area contributed by atoms with Crippen LogP contribution >= 0.6 is 15.9 Å². The number of benzene rings is 2. The summed E-state index contributed by atoms with van der Waals surface area (Å²) in [5.41, 5.74) is 2.46. The van der Waals surface area contributed by atoms with Crippen LogP contribution in [0.5, 0.6) is 5.75 Å². The monoisotopic (exact) mass is 526 g/mol. The van der Waals surface area contributed by atoms with E-state index in [-0.39, 0.29) is 17.4 Å². The molecule has 2 atom stereocenters. The molecule has 34 heavy (non-hydrogen) atoms. The van der Waals surface area contributed by atoms with Crippen LogP contribution in [0.4, 0.5) is 0 Å². The molecule has 1 fully saturated rings. The Kier molecular flexibility index (Phi) is 7.43. The molecule has 7 heteroatoms. The molecule has 4 rings (SSSR count). The Morgan fingerprint density at radius 3 is 2.53 bits per heavy atom. The summed E-state index contributed by atoms with van der Waals surface area (Å²) < 4.78 is 6.68. The zero-order valence-corrected chi connectivity index (χ0v) is 21.5. The number of fused-ring (bicyclic) bond motifs is 1. The van der Waals surface area contributed by atoms with Crippen LogP contribution in [0.2, 0.25) is 0 Å². The minimum Gasteiger partial charge on any atom is -0.507 e. The number of nitrogens with zero attached hydrogens (tertiary/aromatic N) is 2. The lowest BCUT2D eigenvalue weighted by Gasteiger charge is -2.27. The number of Topliss-reactive ketones (excluding diaryl/α,β-unsaturated/α-hetero) is 1. The topological polar surface area (TPSA) is 70.1 Å². The highest BCUT2D eigenvalue weighted by Crippen LogP contribution is 2.41. The van der Waals surface area contributed by atoms with Gasteiger partial charge < -0.3 is 19.6 Å². The Bertz CT molecular complexity index is 1110. The van der Waals surface area contributed by atoms with E-state index in [1.807, 2.05) is 43.3 Å². The highest BCUT2D eigenvalue weighted by Gasteiger charge is 2.45. The minimum absolute atomic E-state index is 0.0755. The number of amides is 1. The maximum atomic E-state index is 13.2. The molecular formula is C27H31BrN2O4. The molecule has 2 heterocycles. The molecule has 180 valence electrons. The molecule has 2 aromatic carbocycles. The molecule has 2 aromatic rings. The van der Waals surface area contributed by atoms with Crippen molar-refractivity contribution in [3.05, 3.63) is 69.2 Å². The van der Waals surface area contributed by atoms with E-state index >= 15 is 0 Å². The minimum atomic E-state index is -0.640. The van der Waals surface area contributed by atoms with E-state index in [9.17, 15) is 14.7 Å². The van der Waals surface area contributed by atoms with Crippen molar-refractivity contribution < 1.29 is 19.4 Å². The first-order valence-corrected chi connectivity index (χ1v) is 12.7. The van der Waals surface area contributed by atoms with Crippen LogP contribution in [0.1, 0.15) is 49.9 Å². The van der Waals surface area contributed by atoms with Crippen molar-refractivity contribution in [1.29, 1.82) is 0 Å². The van der Waals surface area contributed by atoms with Crippen molar-refractivity contribution in [3.8, 4) is 5.75 Å². The highest BCUT2D eigenvalue weighted by molar-refractivity contribution is 9.10. The van der Waals surface area contributed by atoms with E-state index in [1.165, 1.54) is 0 Å². The summed E-state index contributed by atoms with van der Waals surface area (Å²) in [6.45, 7) is 9.37. The molecule has 2 aliphatic heterocycles. The van der Waals surface area contributed by atoms with E-state index in [0.717, 1.165) is 53.8 Å². The van der Waals surface area contributed by atoms with Crippen LogP contribution in [-0.4, -0.2) is 58.9 Å². The summed E-state index contributed by atoms with van der Waals surface area (Å²) in [5, 5.41) is 11.3. The number of carbonyl (C=O) groups excluding carboxylic acids is 2. The lowest BCUT2D eigenvalue weighted by atomic mass is 9.94. The van der Waals surface area contributed by atoms with Crippen molar-refractivity contribution in [2.75, 3.05) is 26.2 Å². The van der Waals surface area contributed by atoms with Crippen LogP contribution in [0.15, 0.2) is 52.5 Å². The number of ether oxygens (including phenoxy) is 1. The third-order valence-electron chi connectivity index (χ3n) is 6.66. The fourth-order valence-corrected chi connectivity index (χ4v) is 5.10. The molecule has 1 N–H and O–H groups in total. The van der Waals surface area contributed by atoms with Gasteiger partial charge in [-0.15, -0.1) is 0 Å². The van der Waals surface area contributed by atoms with Crippen LogP contribution < -0.4 is 4.74 Å². The zero-order chi connectivity index (χ0) is 24.4. The second kappa shape index (κ2) is 10.3. The zero-order valence-electron chi connectivity index (χ0n) is 19.9. The Morgan fingerprint density at radius 1 is 1.15 bits per heavy atom. The second-order valence-corrected chi connectivity index (χ2v) is 9.80. The van der Waals surface area contributed by atoms with Crippen LogP contribution in [0, 0.1) is 0 Å². The van der Waals surface area contributed by atoms with Gasteiger partial charge in [0.25, 0.3) is 11.7 Å². The standard InChI is InChI=1S/C27H31BrN2O4/c1-4-29(5-2)13-6-14-30-24(18-7-10-21(28)11-8-18)23(26(32)27(30)33)25(31)19-9-12-22-20(16-19)15-17(3)34-22/h7-12,16-17,24,31H,4-6,13-15H2,1-3H3. The molecule has 2 aliphatic rings.